The molecule has 12 heteroatoms. The van der Waals surface area contributed by atoms with Gasteiger partial charge in [0.15, 0.2) is 0 Å². The number of carbonyl (C=O) groups is 3. The van der Waals surface area contributed by atoms with Gasteiger partial charge in [0.1, 0.15) is 11.6 Å². The second-order valence-electron chi connectivity index (χ2n) is 6.20. The van der Waals surface area contributed by atoms with Crippen LogP contribution < -0.4 is 10.6 Å². The van der Waals surface area contributed by atoms with Gasteiger partial charge in [-0.25, -0.2) is 9.59 Å². The largest absolute Gasteiger partial charge is 0.465 e. The van der Waals surface area contributed by atoms with Gasteiger partial charge in [0, 0.05) is 11.9 Å². The van der Waals surface area contributed by atoms with E-state index in [0.717, 1.165) is 32.6 Å². The highest BCUT2D eigenvalue weighted by molar-refractivity contribution is 6.31. The van der Waals surface area contributed by atoms with Crippen LogP contribution in [0.1, 0.15) is 26.3 Å². The number of carbonyl (C=O) groups excluding carboxylic acids is 3. The third-order valence-electron chi connectivity index (χ3n) is 4.11. The zero-order valence-electron chi connectivity index (χ0n) is 17.0. The molecule has 0 aliphatic heterocycles. The van der Waals surface area contributed by atoms with Crippen molar-refractivity contribution in [2.24, 2.45) is 0 Å². The van der Waals surface area contributed by atoms with E-state index in [2.05, 4.69) is 20.1 Å². The van der Waals surface area contributed by atoms with Crippen molar-refractivity contribution in [1.82, 2.24) is 0 Å². The lowest BCUT2D eigenvalue weighted by Crippen LogP contribution is -2.16. The number of anilines is 2. The summed E-state index contributed by atoms with van der Waals surface area (Å²) >= 11 is 5.55. The summed E-state index contributed by atoms with van der Waals surface area (Å²) in [7, 11) is 2.29. The van der Waals surface area contributed by atoms with E-state index >= 15 is 0 Å². The number of esters is 2. The predicted molar refractivity (Wildman–Crippen MR) is 112 cm³/mol. The molecule has 8 nitrogen and oxygen atoms in total. The maximum Gasteiger partial charge on any atom is 0.417 e. The molecule has 0 unspecified atom stereocenters. The minimum atomic E-state index is -4.75. The number of benzene rings is 2. The number of amides is 1. The Morgan fingerprint density at radius 1 is 1.06 bits per heavy atom. The van der Waals surface area contributed by atoms with Gasteiger partial charge in [-0.2, -0.15) is 18.4 Å². The van der Waals surface area contributed by atoms with Crippen LogP contribution in [-0.4, -0.2) is 32.1 Å². The van der Waals surface area contributed by atoms with E-state index in [1.807, 2.05) is 0 Å². The SMILES string of the molecule is COC(=O)c1ccc(C(=O)OC)c(N/C=C(/C#N)C(=O)Nc2ccc(Cl)c(C(F)(F)F)c2)c1. The van der Waals surface area contributed by atoms with E-state index in [1.165, 1.54) is 18.2 Å². The van der Waals surface area contributed by atoms with Crippen molar-refractivity contribution >= 4 is 40.8 Å². The van der Waals surface area contributed by atoms with Gasteiger partial charge in [0.05, 0.1) is 41.6 Å². The lowest BCUT2D eigenvalue weighted by atomic mass is 10.1. The van der Waals surface area contributed by atoms with E-state index in [9.17, 15) is 32.8 Å². The molecular weight excluding hydrogens is 467 g/mol. The van der Waals surface area contributed by atoms with Gasteiger partial charge in [0.2, 0.25) is 0 Å². The summed E-state index contributed by atoms with van der Waals surface area (Å²) in [5.41, 5.74) is -1.91. The Morgan fingerprint density at radius 2 is 1.73 bits per heavy atom. The average Bonchev–Trinajstić information content (AvgIpc) is 2.78. The number of ether oxygens (including phenoxy) is 2. The third-order valence-corrected chi connectivity index (χ3v) is 4.44. The van der Waals surface area contributed by atoms with Gasteiger partial charge < -0.3 is 20.1 Å². The summed E-state index contributed by atoms with van der Waals surface area (Å²) in [4.78, 5) is 36.1. The molecular formula is C21H15ClF3N3O5. The van der Waals surface area contributed by atoms with Gasteiger partial charge in [-0.1, -0.05) is 11.6 Å². The van der Waals surface area contributed by atoms with Gasteiger partial charge in [-0.05, 0) is 36.4 Å². The molecule has 0 aliphatic rings. The van der Waals surface area contributed by atoms with E-state index < -0.39 is 40.2 Å². The second-order valence-corrected chi connectivity index (χ2v) is 6.61. The first-order chi connectivity index (χ1) is 15.5. The molecule has 0 aromatic heterocycles. The summed E-state index contributed by atoms with van der Waals surface area (Å²) in [6, 6.07) is 8.11. The number of nitrogens with one attached hydrogen (secondary N) is 2. The lowest BCUT2D eigenvalue weighted by molar-refractivity contribution is -0.137. The van der Waals surface area contributed by atoms with E-state index in [4.69, 9.17) is 11.6 Å². The smallest absolute Gasteiger partial charge is 0.417 e. The van der Waals surface area contributed by atoms with E-state index in [1.54, 1.807) is 6.07 Å². The Morgan fingerprint density at radius 3 is 2.30 bits per heavy atom. The summed E-state index contributed by atoms with van der Waals surface area (Å²) in [6.45, 7) is 0. The molecule has 33 heavy (non-hydrogen) atoms. The molecule has 0 heterocycles. The van der Waals surface area contributed by atoms with Crippen LogP contribution in [0.5, 0.6) is 0 Å². The average molecular weight is 482 g/mol. The van der Waals surface area contributed by atoms with Crippen molar-refractivity contribution in [3.8, 4) is 6.07 Å². The highest BCUT2D eigenvalue weighted by Gasteiger charge is 2.33. The number of rotatable bonds is 6. The van der Waals surface area contributed by atoms with Crippen LogP contribution in [0.4, 0.5) is 24.5 Å². The first-order valence-corrected chi connectivity index (χ1v) is 9.25. The Hall–Kier alpha value is -4.04. The first-order valence-electron chi connectivity index (χ1n) is 8.87. The van der Waals surface area contributed by atoms with E-state index in [0.29, 0.717) is 6.07 Å². The van der Waals surface area contributed by atoms with Crippen LogP contribution in [0.3, 0.4) is 0 Å². The molecule has 0 spiro atoms. The molecule has 0 saturated carbocycles. The highest BCUT2D eigenvalue weighted by atomic mass is 35.5. The number of nitriles is 1. The fourth-order valence-electron chi connectivity index (χ4n) is 2.51. The maximum absolute atomic E-state index is 13.0. The van der Waals surface area contributed by atoms with Crippen molar-refractivity contribution in [3.05, 3.63) is 69.9 Å². The molecule has 0 atom stereocenters. The normalized spacial score (nSPS) is 11.2. The van der Waals surface area contributed by atoms with Crippen LogP contribution in [0.15, 0.2) is 48.2 Å². The van der Waals surface area contributed by atoms with Crippen molar-refractivity contribution in [2.75, 3.05) is 24.9 Å². The quantitative estimate of drug-likeness (QED) is 0.357. The number of hydrogen-bond donors (Lipinski definition) is 2. The highest BCUT2D eigenvalue weighted by Crippen LogP contribution is 2.36. The Kier molecular flexibility index (Phi) is 8.04. The van der Waals surface area contributed by atoms with Crippen molar-refractivity contribution < 1.29 is 37.0 Å². The molecule has 0 saturated heterocycles. The van der Waals surface area contributed by atoms with Crippen molar-refractivity contribution in [1.29, 1.82) is 5.26 Å². The molecule has 2 aromatic rings. The number of methoxy groups -OCH3 is 2. The van der Waals surface area contributed by atoms with Gasteiger partial charge in [0.25, 0.3) is 5.91 Å². The summed E-state index contributed by atoms with van der Waals surface area (Å²) < 4.78 is 48.3. The van der Waals surface area contributed by atoms with Crippen LogP contribution in [0.25, 0.3) is 0 Å². The zero-order valence-corrected chi connectivity index (χ0v) is 17.8. The van der Waals surface area contributed by atoms with Crippen LogP contribution in [0.2, 0.25) is 5.02 Å². The number of alkyl halides is 3. The molecule has 1 amide bonds. The molecule has 0 bridgehead atoms. The topological polar surface area (TPSA) is 118 Å². The number of halogens is 4. The standard InChI is InChI=1S/C21H15ClF3N3O5/c1-32-19(30)11-3-5-14(20(31)33-2)17(7-11)27-10-12(9-26)18(29)28-13-4-6-16(22)15(8-13)21(23,24)25/h3-8,10,27H,1-2H3,(H,28,29)/b12-10-. The second kappa shape index (κ2) is 10.5. The number of hydrogen-bond acceptors (Lipinski definition) is 7. The minimum absolute atomic E-state index is 0.0103. The molecule has 2 N–H and O–H groups in total. The van der Waals surface area contributed by atoms with Crippen molar-refractivity contribution in [3.63, 3.8) is 0 Å². The Bertz CT molecular complexity index is 1170. The summed E-state index contributed by atoms with van der Waals surface area (Å²) in [5.74, 6) is -2.52. The summed E-state index contributed by atoms with van der Waals surface area (Å²) in [5, 5.41) is 13.5. The molecule has 2 aromatic carbocycles. The third kappa shape index (κ3) is 6.24. The van der Waals surface area contributed by atoms with Crippen LogP contribution in [-0.2, 0) is 20.4 Å². The zero-order chi connectivity index (χ0) is 24.8. The monoisotopic (exact) mass is 481 g/mol. The molecule has 0 fully saturated rings. The van der Waals surface area contributed by atoms with Gasteiger partial charge >= 0.3 is 18.1 Å². The molecule has 2 rings (SSSR count). The fraction of sp³-hybridized carbons (Fsp3) is 0.143. The summed E-state index contributed by atoms with van der Waals surface area (Å²) in [6.07, 6.45) is -3.83. The molecule has 0 aliphatic carbocycles. The van der Waals surface area contributed by atoms with Crippen LogP contribution in [0, 0.1) is 11.3 Å². The minimum Gasteiger partial charge on any atom is -0.465 e. The van der Waals surface area contributed by atoms with E-state index in [-0.39, 0.29) is 22.5 Å². The van der Waals surface area contributed by atoms with Gasteiger partial charge in [-0.3, -0.25) is 4.79 Å². The van der Waals surface area contributed by atoms with Gasteiger partial charge in [-0.15, -0.1) is 0 Å². The fourth-order valence-corrected chi connectivity index (χ4v) is 2.74. The lowest BCUT2D eigenvalue weighted by Gasteiger charge is -2.12. The Balaban J connectivity index is 2.33. The van der Waals surface area contributed by atoms with Crippen molar-refractivity contribution in [2.45, 2.75) is 6.18 Å². The predicted octanol–water partition coefficient (Wildman–Crippen LogP) is 4.39. The molecule has 172 valence electrons. The first kappa shape index (κ1) is 25.2. The number of nitrogens with zero attached hydrogens (tertiary/aromatic N) is 1. The molecule has 0 radical (unpaired) electrons. The maximum atomic E-state index is 13.0. The van der Waals surface area contributed by atoms with Crippen LogP contribution >= 0.6 is 11.6 Å². The Labute approximate surface area is 190 Å².